The van der Waals surface area contributed by atoms with Crippen LogP contribution in [0.4, 0.5) is 0 Å². The van der Waals surface area contributed by atoms with E-state index in [0.717, 1.165) is 32.4 Å². The summed E-state index contributed by atoms with van der Waals surface area (Å²) in [4.78, 5) is 10.2. The van der Waals surface area contributed by atoms with Crippen molar-refractivity contribution >= 4 is 6.29 Å². The van der Waals surface area contributed by atoms with Crippen molar-refractivity contribution in [2.75, 3.05) is 13.1 Å². The lowest BCUT2D eigenvalue weighted by molar-refractivity contribution is 0.500. The third-order valence-electron chi connectivity index (χ3n) is 1.74. The van der Waals surface area contributed by atoms with Crippen LogP contribution >= 0.6 is 0 Å². The van der Waals surface area contributed by atoms with Crippen LogP contribution < -0.4 is 5.32 Å². The van der Waals surface area contributed by atoms with Gasteiger partial charge >= 0.3 is 0 Å². The van der Waals surface area contributed by atoms with Crippen LogP contribution in [0.1, 0.15) is 19.3 Å². The normalized spacial score (nSPS) is 29.1. The fourth-order valence-electron chi connectivity index (χ4n) is 1.14. The van der Waals surface area contributed by atoms with E-state index >= 15 is 0 Å². The molecule has 2 heteroatoms. The van der Waals surface area contributed by atoms with E-state index in [9.17, 15) is 4.79 Å². The maximum atomic E-state index is 10.2. The molecule has 0 aromatic heterocycles. The quantitative estimate of drug-likeness (QED) is 0.554. The summed E-state index contributed by atoms with van der Waals surface area (Å²) in [5.41, 5.74) is 0. The van der Waals surface area contributed by atoms with Crippen molar-refractivity contribution in [1.29, 1.82) is 0 Å². The molecule has 1 aliphatic rings. The second-order valence-electron chi connectivity index (χ2n) is 2.50. The molecule has 1 N–H and O–H groups in total. The average molecular weight is 126 g/mol. The molecule has 0 spiro atoms. The Bertz CT molecular complexity index is 84.9. The Balaban J connectivity index is 2.26. The summed E-state index contributed by atoms with van der Waals surface area (Å²) in [5.74, 6) is 0.208. The van der Waals surface area contributed by atoms with E-state index in [4.69, 9.17) is 0 Å². The summed E-state index contributed by atoms with van der Waals surface area (Å²) in [6, 6.07) is 0. The monoisotopic (exact) mass is 126 g/mol. The Hall–Kier alpha value is -0.370. The van der Waals surface area contributed by atoms with Crippen LogP contribution in [0.15, 0.2) is 0 Å². The largest absolute Gasteiger partial charge is 0.317 e. The molecule has 0 amide bonds. The van der Waals surface area contributed by atoms with Crippen molar-refractivity contribution in [3.05, 3.63) is 0 Å². The molecule has 1 rings (SSSR count). The fourth-order valence-corrected chi connectivity index (χ4v) is 1.14. The van der Waals surface area contributed by atoms with Crippen LogP contribution in [-0.2, 0) is 4.79 Å². The molecule has 1 unspecified atom stereocenters. The minimum absolute atomic E-state index is 0.208. The first kappa shape index (κ1) is 6.75. The van der Waals surface area contributed by atoms with Crippen LogP contribution in [0.5, 0.6) is 0 Å². The predicted octanol–water partition coefficient (Wildman–Crippen LogP) is 0.486. The minimum Gasteiger partial charge on any atom is -0.317 e. The SMILES string of the molecule is O=[C]C1CCCNCC1. The first-order chi connectivity index (χ1) is 4.43. The van der Waals surface area contributed by atoms with Gasteiger partial charge in [0.15, 0.2) is 0 Å². The topological polar surface area (TPSA) is 29.1 Å². The van der Waals surface area contributed by atoms with E-state index in [2.05, 4.69) is 11.6 Å². The Morgan fingerprint density at radius 3 is 3.00 bits per heavy atom. The molecule has 0 aromatic rings. The highest BCUT2D eigenvalue weighted by atomic mass is 16.1. The zero-order chi connectivity index (χ0) is 6.53. The van der Waals surface area contributed by atoms with E-state index in [-0.39, 0.29) is 5.92 Å². The molecule has 0 aliphatic carbocycles. The Kier molecular flexibility index (Phi) is 2.71. The lowest BCUT2D eigenvalue weighted by Gasteiger charge is -1.99. The van der Waals surface area contributed by atoms with Gasteiger partial charge in [-0.25, -0.2) is 0 Å². The standard InChI is InChI=1S/C7H12NO/c9-6-7-2-1-4-8-5-3-7/h7-8H,1-5H2. The second kappa shape index (κ2) is 3.62. The van der Waals surface area contributed by atoms with Gasteiger partial charge in [0.2, 0.25) is 6.29 Å². The van der Waals surface area contributed by atoms with Crippen LogP contribution in [0, 0.1) is 5.92 Å². The molecule has 1 saturated heterocycles. The molecular formula is C7H12NO. The summed E-state index contributed by atoms with van der Waals surface area (Å²) in [6.07, 6.45) is 5.18. The maximum absolute atomic E-state index is 10.2. The Morgan fingerprint density at radius 2 is 2.22 bits per heavy atom. The van der Waals surface area contributed by atoms with Gasteiger partial charge in [0, 0.05) is 5.92 Å². The summed E-state index contributed by atoms with van der Waals surface area (Å²) in [7, 11) is 0. The first-order valence-corrected chi connectivity index (χ1v) is 3.52. The third-order valence-corrected chi connectivity index (χ3v) is 1.74. The molecule has 0 bridgehead atoms. The highest BCUT2D eigenvalue weighted by Crippen LogP contribution is 2.09. The molecule has 0 aromatic carbocycles. The smallest absolute Gasteiger partial charge is 0.201 e. The number of hydrogen-bond donors (Lipinski definition) is 1. The zero-order valence-electron chi connectivity index (χ0n) is 5.52. The van der Waals surface area contributed by atoms with Crippen molar-refractivity contribution in [2.45, 2.75) is 19.3 Å². The predicted molar refractivity (Wildman–Crippen MR) is 35.9 cm³/mol. The number of rotatable bonds is 1. The number of hydrogen-bond acceptors (Lipinski definition) is 2. The van der Waals surface area contributed by atoms with Crippen LogP contribution in [0.2, 0.25) is 0 Å². The summed E-state index contributed by atoms with van der Waals surface area (Å²) >= 11 is 0. The van der Waals surface area contributed by atoms with E-state index in [0.29, 0.717) is 0 Å². The van der Waals surface area contributed by atoms with Crippen molar-refractivity contribution < 1.29 is 4.79 Å². The van der Waals surface area contributed by atoms with Gasteiger partial charge in [-0.1, -0.05) is 0 Å². The van der Waals surface area contributed by atoms with Gasteiger partial charge in [-0.05, 0) is 32.4 Å². The van der Waals surface area contributed by atoms with Crippen molar-refractivity contribution in [3.63, 3.8) is 0 Å². The van der Waals surface area contributed by atoms with E-state index < -0.39 is 0 Å². The summed E-state index contributed by atoms with van der Waals surface area (Å²) < 4.78 is 0. The van der Waals surface area contributed by atoms with Crippen molar-refractivity contribution in [3.8, 4) is 0 Å². The molecular weight excluding hydrogens is 114 g/mol. The third kappa shape index (κ3) is 2.14. The van der Waals surface area contributed by atoms with Crippen LogP contribution in [0.25, 0.3) is 0 Å². The lowest BCUT2D eigenvalue weighted by Crippen LogP contribution is -2.14. The van der Waals surface area contributed by atoms with Gasteiger partial charge in [-0.15, -0.1) is 0 Å². The van der Waals surface area contributed by atoms with Gasteiger partial charge in [0.05, 0.1) is 0 Å². The van der Waals surface area contributed by atoms with Crippen LogP contribution in [0.3, 0.4) is 0 Å². The number of carbonyl (C=O) groups excluding carboxylic acids is 1. The molecule has 2 nitrogen and oxygen atoms in total. The molecule has 0 saturated carbocycles. The fraction of sp³-hybridized carbons (Fsp3) is 0.857. The Labute approximate surface area is 55.6 Å². The van der Waals surface area contributed by atoms with Crippen LogP contribution in [-0.4, -0.2) is 19.4 Å². The minimum atomic E-state index is 0.208. The highest BCUT2D eigenvalue weighted by Gasteiger charge is 2.10. The van der Waals surface area contributed by atoms with Gasteiger partial charge < -0.3 is 5.32 Å². The molecule has 1 heterocycles. The molecule has 1 aliphatic heterocycles. The first-order valence-electron chi connectivity index (χ1n) is 3.52. The maximum Gasteiger partial charge on any atom is 0.201 e. The van der Waals surface area contributed by atoms with E-state index in [1.807, 2.05) is 0 Å². The van der Waals surface area contributed by atoms with Gasteiger partial charge in [-0.2, -0.15) is 0 Å². The van der Waals surface area contributed by atoms with E-state index in [1.165, 1.54) is 0 Å². The van der Waals surface area contributed by atoms with Gasteiger partial charge in [0.1, 0.15) is 0 Å². The summed E-state index contributed by atoms with van der Waals surface area (Å²) in [5, 5.41) is 3.23. The zero-order valence-corrected chi connectivity index (χ0v) is 5.52. The molecule has 1 atom stereocenters. The van der Waals surface area contributed by atoms with Gasteiger partial charge in [-0.3, -0.25) is 4.79 Å². The molecule has 9 heavy (non-hydrogen) atoms. The Morgan fingerprint density at radius 1 is 1.33 bits per heavy atom. The lowest BCUT2D eigenvalue weighted by atomic mass is 10.0. The highest BCUT2D eigenvalue weighted by molar-refractivity contribution is 5.54. The summed E-state index contributed by atoms with van der Waals surface area (Å²) in [6.45, 7) is 2.05. The molecule has 1 fully saturated rings. The molecule has 1 radical (unpaired) electrons. The molecule has 51 valence electrons. The van der Waals surface area contributed by atoms with E-state index in [1.54, 1.807) is 0 Å². The van der Waals surface area contributed by atoms with Crippen molar-refractivity contribution in [1.82, 2.24) is 5.32 Å². The average Bonchev–Trinajstić information content (AvgIpc) is 2.13. The number of nitrogens with one attached hydrogen (secondary N) is 1. The van der Waals surface area contributed by atoms with Crippen molar-refractivity contribution in [2.24, 2.45) is 5.92 Å². The second-order valence-corrected chi connectivity index (χ2v) is 2.50. The van der Waals surface area contributed by atoms with Gasteiger partial charge in [0.25, 0.3) is 0 Å².